The van der Waals surface area contributed by atoms with Crippen molar-refractivity contribution in [2.24, 2.45) is 0 Å². The monoisotopic (exact) mass is 445 g/mol. The number of hydrogen-bond donors (Lipinski definition) is 2. The van der Waals surface area contributed by atoms with Crippen molar-refractivity contribution in [1.29, 1.82) is 0 Å². The number of likely N-dealkylation sites (tertiary alicyclic amines) is 1. The molecule has 1 aromatic rings. The predicted octanol–water partition coefficient (Wildman–Crippen LogP) is 1.52. The smallest absolute Gasteiger partial charge is 0.321 e. The van der Waals surface area contributed by atoms with Gasteiger partial charge in [0, 0.05) is 45.8 Å². The Morgan fingerprint density at radius 2 is 1.81 bits per heavy atom. The fourth-order valence-electron chi connectivity index (χ4n) is 4.41. The second-order valence-corrected chi connectivity index (χ2v) is 8.53. The highest BCUT2D eigenvalue weighted by molar-refractivity contribution is 5.89. The van der Waals surface area contributed by atoms with Crippen LogP contribution in [0.2, 0.25) is 0 Å². The summed E-state index contributed by atoms with van der Waals surface area (Å²) in [5, 5.41) is 8.87. The molecule has 9 nitrogen and oxygen atoms in total. The highest BCUT2D eigenvalue weighted by Crippen LogP contribution is 2.22. The van der Waals surface area contributed by atoms with E-state index < -0.39 is 11.9 Å². The molecule has 0 bridgehead atoms. The van der Waals surface area contributed by atoms with E-state index in [1.54, 1.807) is 10.4 Å². The molecule has 3 rings (SSSR count). The second kappa shape index (κ2) is 11.8. The van der Waals surface area contributed by atoms with Crippen molar-refractivity contribution in [2.45, 2.75) is 45.2 Å². The Morgan fingerprint density at radius 3 is 2.47 bits per heavy atom. The van der Waals surface area contributed by atoms with Crippen LogP contribution >= 0.6 is 0 Å². The highest BCUT2D eigenvalue weighted by atomic mass is 16.5. The quantitative estimate of drug-likeness (QED) is 0.467. The summed E-state index contributed by atoms with van der Waals surface area (Å²) in [4.78, 5) is 45.4. The van der Waals surface area contributed by atoms with Crippen LogP contribution in [-0.4, -0.2) is 94.5 Å². The number of amides is 4. The standard InChI is InChI=1S/C23H35N5O4/c1-2-3-11-27(18-21(29)24-32)23(31)28-12-7-10-20(28)22(30)26-15-13-25(14-16-26)17-19-8-5-4-6-9-19/h4-6,8-9,20,32H,2-3,7,10-18H2,1H3,(H,24,29)/t20-/m0/s1. The molecule has 2 aliphatic heterocycles. The first-order chi connectivity index (χ1) is 15.5. The number of benzene rings is 1. The molecule has 32 heavy (non-hydrogen) atoms. The van der Waals surface area contributed by atoms with E-state index >= 15 is 0 Å². The third kappa shape index (κ3) is 6.20. The molecule has 2 aliphatic rings. The van der Waals surface area contributed by atoms with Gasteiger partial charge in [-0.3, -0.25) is 19.7 Å². The van der Waals surface area contributed by atoms with Crippen LogP contribution in [0.1, 0.15) is 38.2 Å². The van der Waals surface area contributed by atoms with Crippen LogP contribution in [0.5, 0.6) is 0 Å². The van der Waals surface area contributed by atoms with E-state index in [1.165, 1.54) is 10.5 Å². The van der Waals surface area contributed by atoms with E-state index in [0.717, 1.165) is 38.9 Å². The van der Waals surface area contributed by atoms with E-state index in [4.69, 9.17) is 5.21 Å². The van der Waals surface area contributed by atoms with E-state index in [2.05, 4.69) is 17.0 Å². The Balaban J connectivity index is 1.57. The van der Waals surface area contributed by atoms with Crippen LogP contribution in [0.15, 0.2) is 30.3 Å². The third-order valence-corrected chi connectivity index (χ3v) is 6.23. The summed E-state index contributed by atoms with van der Waals surface area (Å²) in [6.07, 6.45) is 3.03. The lowest BCUT2D eigenvalue weighted by Gasteiger charge is -2.38. The maximum atomic E-state index is 13.3. The Bertz CT molecular complexity index is 767. The number of nitrogens with zero attached hydrogens (tertiary/aromatic N) is 4. The number of piperazine rings is 1. The summed E-state index contributed by atoms with van der Waals surface area (Å²) in [5.41, 5.74) is 2.86. The van der Waals surface area contributed by atoms with Crippen LogP contribution in [0.3, 0.4) is 0 Å². The maximum absolute atomic E-state index is 13.3. The molecule has 2 fully saturated rings. The van der Waals surface area contributed by atoms with Gasteiger partial charge in [-0.15, -0.1) is 0 Å². The number of nitrogens with one attached hydrogen (secondary N) is 1. The second-order valence-electron chi connectivity index (χ2n) is 8.53. The Morgan fingerprint density at radius 1 is 1.09 bits per heavy atom. The molecule has 0 saturated carbocycles. The SMILES string of the molecule is CCCCN(CC(=O)NO)C(=O)N1CCC[C@H]1C(=O)N1CCN(Cc2ccccc2)CC1. The van der Waals surface area contributed by atoms with Gasteiger partial charge in [0.2, 0.25) is 5.91 Å². The molecule has 1 atom stereocenters. The minimum absolute atomic E-state index is 0.00253. The maximum Gasteiger partial charge on any atom is 0.321 e. The first kappa shape index (κ1) is 24.0. The predicted molar refractivity (Wildman–Crippen MR) is 120 cm³/mol. The molecular formula is C23H35N5O4. The fraction of sp³-hybridized carbons (Fsp3) is 0.609. The summed E-state index contributed by atoms with van der Waals surface area (Å²) in [6.45, 7) is 6.49. The summed E-state index contributed by atoms with van der Waals surface area (Å²) >= 11 is 0. The molecule has 9 heteroatoms. The summed E-state index contributed by atoms with van der Waals surface area (Å²) in [5.74, 6) is -0.636. The minimum Gasteiger partial charge on any atom is -0.338 e. The van der Waals surface area contributed by atoms with Gasteiger partial charge in [-0.1, -0.05) is 43.7 Å². The molecule has 2 heterocycles. The molecule has 176 valence electrons. The van der Waals surface area contributed by atoms with E-state index in [0.29, 0.717) is 32.6 Å². The summed E-state index contributed by atoms with van der Waals surface area (Å²) in [7, 11) is 0. The number of carbonyl (C=O) groups excluding carboxylic acids is 3. The molecule has 0 spiro atoms. The fourth-order valence-corrected chi connectivity index (χ4v) is 4.41. The molecule has 0 radical (unpaired) electrons. The third-order valence-electron chi connectivity index (χ3n) is 6.23. The van der Waals surface area contributed by atoms with Crippen LogP contribution in [0.25, 0.3) is 0 Å². The van der Waals surface area contributed by atoms with Crippen molar-refractivity contribution in [3.63, 3.8) is 0 Å². The average Bonchev–Trinajstić information content (AvgIpc) is 3.31. The molecule has 2 N–H and O–H groups in total. The first-order valence-corrected chi connectivity index (χ1v) is 11.6. The van der Waals surface area contributed by atoms with Crippen molar-refractivity contribution < 1.29 is 19.6 Å². The van der Waals surface area contributed by atoms with Gasteiger partial charge in [-0.05, 0) is 24.8 Å². The van der Waals surface area contributed by atoms with E-state index in [-0.39, 0.29) is 18.5 Å². The number of carbonyl (C=O) groups is 3. The number of unbranched alkanes of at least 4 members (excludes halogenated alkanes) is 1. The summed E-state index contributed by atoms with van der Waals surface area (Å²) < 4.78 is 0. The number of rotatable bonds is 8. The van der Waals surface area contributed by atoms with Crippen LogP contribution in [-0.2, 0) is 16.1 Å². The Kier molecular flexibility index (Phi) is 8.87. The normalized spacial score (nSPS) is 19.1. The van der Waals surface area contributed by atoms with Crippen LogP contribution in [0.4, 0.5) is 4.79 Å². The minimum atomic E-state index is -0.633. The van der Waals surface area contributed by atoms with Gasteiger partial charge in [-0.25, -0.2) is 10.3 Å². The Hall–Kier alpha value is -2.65. The highest BCUT2D eigenvalue weighted by Gasteiger charge is 2.39. The largest absolute Gasteiger partial charge is 0.338 e. The number of hydroxylamine groups is 1. The zero-order chi connectivity index (χ0) is 22.9. The van der Waals surface area contributed by atoms with Crippen LogP contribution in [0, 0.1) is 0 Å². The number of urea groups is 1. The van der Waals surface area contributed by atoms with Gasteiger partial charge in [0.05, 0.1) is 0 Å². The Labute approximate surface area is 189 Å². The van der Waals surface area contributed by atoms with Crippen molar-refractivity contribution in [3.05, 3.63) is 35.9 Å². The lowest BCUT2D eigenvalue weighted by molar-refractivity contribution is -0.137. The van der Waals surface area contributed by atoms with E-state index in [1.807, 2.05) is 30.0 Å². The molecule has 2 saturated heterocycles. The molecule has 0 aromatic heterocycles. The molecule has 0 aliphatic carbocycles. The molecule has 4 amide bonds. The van der Waals surface area contributed by atoms with Gasteiger partial charge in [0.15, 0.2) is 0 Å². The summed E-state index contributed by atoms with van der Waals surface area (Å²) in [6, 6.07) is 9.52. The first-order valence-electron chi connectivity index (χ1n) is 11.6. The van der Waals surface area contributed by atoms with Gasteiger partial charge in [0.1, 0.15) is 12.6 Å². The molecule has 0 unspecified atom stereocenters. The molecular weight excluding hydrogens is 410 g/mol. The van der Waals surface area contributed by atoms with Gasteiger partial charge < -0.3 is 14.7 Å². The lowest BCUT2D eigenvalue weighted by atomic mass is 10.1. The van der Waals surface area contributed by atoms with Crippen molar-refractivity contribution in [1.82, 2.24) is 25.1 Å². The number of hydrogen-bond acceptors (Lipinski definition) is 5. The molecule has 1 aromatic carbocycles. The van der Waals surface area contributed by atoms with E-state index in [9.17, 15) is 14.4 Å². The van der Waals surface area contributed by atoms with Crippen molar-refractivity contribution >= 4 is 17.8 Å². The van der Waals surface area contributed by atoms with Crippen molar-refractivity contribution in [2.75, 3.05) is 45.8 Å². The zero-order valence-electron chi connectivity index (χ0n) is 18.9. The average molecular weight is 446 g/mol. The van der Waals surface area contributed by atoms with Crippen molar-refractivity contribution in [3.8, 4) is 0 Å². The van der Waals surface area contributed by atoms with Crippen LogP contribution < -0.4 is 5.48 Å². The topological polar surface area (TPSA) is 96.4 Å². The lowest BCUT2D eigenvalue weighted by Crippen LogP contribution is -2.56. The van der Waals surface area contributed by atoms with Gasteiger partial charge in [-0.2, -0.15) is 0 Å². The van der Waals surface area contributed by atoms with Gasteiger partial charge >= 0.3 is 6.03 Å². The zero-order valence-corrected chi connectivity index (χ0v) is 18.9. The van der Waals surface area contributed by atoms with Gasteiger partial charge in [0.25, 0.3) is 5.91 Å².